The molecule has 2 rings (SSSR count). The Hall–Kier alpha value is -1.95. The van der Waals surface area contributed by atoms with E-state index in [9.17, 15) is 15.0 Å². The molecule has 0 aromatic heterocycles. The second-order valence-electron chi connectivity index (χ2n) is 5.00. The van der Waals surface area contributed by atoms with E-state index in [-0.39, 0.29) is 23.6 Å². The van der Waals surface area contributed by atoms with Crippen molar-refractivity contribution in [3.63, 3.8) is 0 Å². The Morgan fingerprint density at radius 1 is 1.45 bits per heavy atom. The largest absolute Gasteiger partial charge is 0.507 e. The number of amides is 1. The first-order chi connectivity index (χ1) is 9.52. The summed E-state index contributed by atoms with van der Waals surface area (Å²) >= 11 is 0. The standard InChI is InChI=1S/C14H20N2O4/c1-9(13-11(17)4-3-5-12(13)18)16-7-6-10(8-16)15-14(19)20-2/h3-5,9-10,17-18H,6-8H2,1-2H3,(H,15,19). The van der Waals surface area contributed by atoms with E-state index in [1.807, 2.05) is 6.92 Å². The Morgan fingerprint density at radius 3 is 2.70 bits per heavy atom. The lowest BCUT2D eigenvalue weighted by molar-refractivity contribution is 0.165. The summed E-state index contributed by atoms with van der Waals surface area (Å²) in [5, 5.41) is 22.6. The van der Waals surface area contributed by atoms with Crippen LogP contribution in [-0.2, 0) is 4.74 Å². The van der Waals surface area contributed by atoms with E-state index in [1.165, 1.54) is 7.11 Å². The summed E-state index contributed by atoms with van der Waals surface area (Å²) in [5.41, 5.74) is 0.520. The van der Waals surface area contributed by atoms with Crippen LogP contribution in [0, 0.1) is 0 Å². The molecule has 0 bridgehead atoms. The van der Waals surface area contributed by atoms with Gasteiger partial charge in [-0.2, -0.15) is 0 Å². The minimum absolute atomic E-state index is 0.0258. The molecule has 1 amide bonds. The van der Waals surface area contributed by atoms with Crippen LogP contribution in [0.3, 0.4) is 0 Å². The van der Waals surface area contributed by atoms with Crippen LogP contribution in [-0.4, -0.2) is 47.4 Å². The maximum absolute atomic E-state index is 11.2. The summed E-state index contributed by atoms with van der Waals surface area (Å²) in [4.78, 5) is 13.3. The average Bonchev–Trinajstić information content (AvgIpc) is 2.86. The number of nitrogens with zero attached hydrogens (tertiary/aromatic N) is 1. The lowest BCUT2D eigenvalue weighted by Crippen LogP contribution is -2.37. The van der Waals surface area contributed by atoms with Crippen LogP contribution in [0.4, 0.5) is 4.79 Å². The zero-order chi connectivity index (χ0) is 14.7. The number of methoxy groups -OCH3 is 1. The van der Waals surface area contributed by atoms with Gasteiger partial charge in [0.2, 0.25) is 0 Å². The van der Waals surface area contributed by atoms with Gasteiger partial charge in [0.1, 0.15) is 11.5 Å². The van der Waals surface area contributed by atoms with Crippen molar-refractivity contribution in [1.29, 1.82) is 0 Å². The first-order valence-electron chi connectivity index (χ1n) is 6.62. The monoisotopic (exact) mass is 280 g/mol. The SMILES string of the molecule is COC(=O)NC1CCN(C(C)c2c(O)cccc2O)C1. The Labute approximate surface area is 118 Å². The number of nitrogens with one attached hydrogen (secondary N) is 1. The van der Waals surface area contributed by atoms with Crippen molar-refractivity contribution < 1.29 is 19.7 Å². The molecule has 0 saturated carbocycles. The molecular formula is C14H20N2O4. The lowest BCUT2D eigenvalue weighted by Gasteiger charge is -2.25. The fourth-order valence-electron chi connectivity index (χ4n) is 2.63. The molecule has 1 aromatic rings. The number of hydrogen-bond acceptors (Lipinski definition) is 5. The van der Waals surface area contributed by atoms with Crippen molar-refractivity contribution in [2.75, 3.05) is 20.2 Å². The molecule has 2 atom stereocenters. The van der Waals surface area contributed by atoms with Gasteiger partial charge in [-0.25, -0.2) is 4.79 Å². The van der Waals surface area contributed by atoms with Crippen LogP contribution in [0.15, 0.2) is 18.2 Å². The molecule has 1 aromatic carbocycles. The quantitative estimate of drug-likeness (QED) is 0.783. The zero-order valence-corrected chi connectivity index (χ0v) is 11.7. The number of phenols is 2. The third-order valence-corrected chi connectivity index (χ3v) is 3.75. The fourth-order valence-corrected chi connectivity index (χ4v) is 2.63. The molecule has 0 spiro atoms. The predicted molar refractivity (Wildman–Crippen MR) is 73.7 cm³/mol. The summed E-state index contributed by atoms with van der Waals surface area (Å²) in [6.07, 6.45) is 0.378. The van der Waals surface area contributed by atoms with E-state index in [1.54, 1.807) is 18.2 Å². The highest BCUT2D eigenvalue weighted by molar-refractivity contribution is 5.67. The smallest absolute Gasteiger partial charge is 0.407 e. The molecule has 3 N–H and O–H groups in total. The average molecular weight is 280 g/mol. The van der Waals surface area contributed by atoms with Gasteiger partial charge in [-0.1, -0.05) is 6.07 Å². The lowest BCUT2D eigenvalue weighted by atomic mass is 10.0. The van der Waals surface area contributed by atoms with Crippen LogP contribution < -0.4 is 5.32 Å². The van der Waals surface area contributed by atoms with Crippen LogP contribution in [0.25, 0.3) is 0 Å². The molecule has 1 aliphatic rings. The minimum atomic E-state index is -0.435. The van der Waals surface area contributed by atoms with Crippen molar-refractivity contribution >= 4 is 6.09 Å². The van der Waals surface area contributed by atoms with Gasteiger partial charge in [0.15, 0.2) is 0 Å². The fraction of sp³-hybridized carbons (Fsp3) is 0.500. The summed E-state index contributed by atoms with van der Waals surface area (Å²) in [6, 6.07) is 4.63. The van der Waals surface area contributed by atoms with Crippen LogP contribution in [0.5, 0.6) is 11.5 Å². The van der Waals surface area contributed by atoms with E-state index in [2.05, 4.69) is 15.0 Å². The van der Waals surface area contributed by atoms with Crippen molar-refractivity contribution in [1.82, 2.24) is 10.2 Å². The molecule has 6 heteroatoms. The normalized spacial score (nSPS) is 20.6. The molecule has 1 aliphatic heterocycles. The van der Waals surface area contributed by atoms with Crippen molar-refractivity contribution in [2.45, 2.75) is 25.4 Å². The van der Waals surface area contributed by atoms with Crippen molar-refractivity contribution in [2.24, 2.45) is 0 Å². The van der Waals surface area contributed by atoms with Gasteiger partial charge in [-0.15, -0.1) is 0 Å². The molecular weight excluding hydrogens is 260 g/mol. The Morgan fingerprint density at radius 2 is 2.10 bits per heavy atom. The maximum Gasteiger partial charge on any atom is 0.407 e. The van der Waals surface area contributed by atoms with Crippen LogP contribution in [0.1, 0.15) is 24.9 Å². The first kappa shape index (κ1) is 14.5. The third kappa shape index (κ3) is 2.96. The number of carbonyl (C=O) groups excluding carboxylic acids is 1. The topological polar surface area (TPSA) is 82.0 Å². The van der Waals surface area contributed by atoms with Gasteiger partial charge >= 0.3 is 6.09 Å². The molecule has 1 fully saturated rings. The summed E-state index contributed by atoms with van der Waals surface area (Å²) in [5.74, 6) is 0.170. The Kier molecular flexibility index (Phi) is 4.34. The number of carbonyl (C=O) groups is 1. The van der Waals surface area contributed by atoms with E-state index < -0.39 is 6.09 Å². The maximum atomic E-state index is 11.2. The van der Waals surface area contributed by atoms with Crippen molar-refractivity contribution in [3.05, 3.63) is 23.8 Å². The van der Waals surface area contributed by atoms with Gasteiger partial charge in [0.05, 0.1) is 12.7 Å². The number of aromatic hydroxyl groups is 2. The summed E-state index contributed by atoms with van der Waals surface area (Å²) < 4.78 is 4.58. The number of rotatable bonds is 3. The molecule has 6 nitrogen and oxygen atoms in total. The zero-order valence-electron chi connectivity index (χ0n) is 11.7. The van der Waals surface area contributed by atoms with E-state index in [4.69, 9.17) is 0 Å². The van der Waals surface area contributed by atoms with Gasteiger partial charge in [0.25, 0.3) is 0 Å². The van der Waals surface area contributed by atoms with E-state index in [0.717, 1.165) is 13.0 Å². The molecule has 1 saturated heterocycles. The van der Waals surface area contributed by atoms with Crippen LogP contribution >= 0.6 is 0 Å². The highest BCUT2D eigenvalue weighted by Crippen LogP contribution is 2.36. The van der Waals surface area contributed by atoms with Gasteiger partial charge in [-0.3, -0.25) is 4.90 Å². The Balaban J connectivity index is 2.04. The summed E-state index contributed by atoms with van der Waals surface area (Å²) in [6.45, 7) is 3.36. The van der Waals surface area contributed by atoms with Gasteiger partial charge < -0.3 is 20.3 Å². The number of hydrogen-bond donors (Lipinski definition) is 3. The second kappa shape index (κ2) is 6.00. The molecule has 0 radical (unpaired) electrons. The van der Waals surface area contributed by atoms with Gasteiger partial charge in [0, 0.05) is 25.2 Å². The predicted octanol–water partition coefficient (Wildman–Crippen LogP) is 1.59. The van der Waals surface area contributed by atoms with Gasteiger partial charge in [-0.05, 0) is 25.5 Å². The number of ether oxygens (including phenoxy) is 1. The highest BCUT2D eigenvalue weighted by atomic mass is 16.5. The molecule has 20 heavy (non-hydrogen) atoms. The molecule has 110 valence electrons. The number of phenolic OH excluding ortho intramolecular Hbond substituents is 2. The van der Waals surface area contributed by atoms with E-state index >= 15 is 0 Å². The number of likely N-dealkylation sites (tertiary alicyclic amines) is 1. The third-order valence-electron chi connectivity index (χ3n) is 3.75. The van der Waals surface area contributed by atoms with E-state index in [0.29, 0.717) is 12.1 Å². The number of benzene rings is 1. The Bertz CT molecular complexity index is 472. The first-order valence-corrected chi connectivity index (χ1v) is 6.62. The molecule has 2 unspecified atom stereocenters. The minimum Gasteiger partial charge on any atom is -0.507 e. The van der Waals surface area contributed by atoms with Crippen molar-refractivity contribution in [3.8, 4) is 11.5 Å². The van der Waals surface area contributed by atoms with Crippen LogP contribution in [0.2, 0.25) is 0 Å². The highest BCUT2D eigenvalue weighted by Gasteiger charge is 2.30. The molecule has 1 heterocycles. The molecule has 0 aliphatic carbocycles. The second-order valence-corrected chi connectivity index (χ2v) is 5.00. The summed E-state index contributed by atoms with van der Waals surface area (Å²) in [7, 11) is 1.34. The number of alkyl carbamates (subject to hydrolysis) is 1.